The molecule has 0 aliphatic carbocycles. The van der Waals surface area contributed by atoms with E-state index < -0.39 is 0 Å². The third kappa shape index (κ3) is 4.57. The van der Waals surface area contributed by atoms with Crippen LogP contribution < -0.4 is 10.1 Å². The lowest BCUT2D eigenvalue weighted by atomic mass is 9.96. The van der Waals surface area contributed by atoms with E-state index >= 15 is 0 Å². The van der Waals surface area contributed by atoms with Gasteiger partial charge in [-0.3, -0.25) is 9.59 Å². The summed E-state index contributed by atoms with van der Waals surface area (Å²) in [6.07, 6.45) is 1.43. The predicted octanol–water partition coefficient (Wildman–Crippen LogP) is 3.98. The molecule has 1 heterocycles. The number of hydrogen-bond donors (Lipinski definition) is 1. The molecule has 5 nitrogen and oxygen atoms in total. The van der Waals surface area contributed by atoms with Gasteiger partial charge in [0.1, 0.15) is 11.6 Å². The van der Waals surface area contributed by atoms with Gasteiger partial charge in [-0.25, -0.2) is 4.39 Å². The summed E-state index contributed by atoms with van der Waals surface area (Å²) in [5.41, 5.74) is 0.993. The van der Waals surface area contributed by atoms with E-state index in [-0.39, 0.29) is 23.5 Å². The first-order chi connectivity index (χ1) is 13.0. The number of halogens is 2. The molecule has 2 amide bonds. The van der Waals surface area contributed by atoms with Crippen molar-refractivity contribution in [1.82, 2.24) is 4.90 Å². The number of likely N-dealkylation sites (tertiary alicyclic amines) is 1. The molecule has 2 aromatic rings. The standard InChI is InChI=1S/C20H20ClFN2O3/c1-27-18-9-8-16(11-17(18)21)23-19(25)14-3-2-10-24(12-14)20(26)13-4-6-15(22)7-5-13/h4-9,11,14H,2-3,10,12H2,1H3,(H,23,25). The van der Waals surface area contributed by atoms with Crippen molar-refractivity contribution in [1.29, 1.82) is 0 Å². The second-order valence-corrected chi connectivity index (χ2v) is 6.84. The van der Waals surface area contributed by atoms with Gasteiger partial charge in [0.05, 0.1) is 18.1 Å². The van der Waals surface area contributed by atoms with Gasteiger partial charge in [-0.1, -0.05) is 11.6 Å². The number of nitrogens with zero attached hydrogens (tertiary/aromatic N) is 1. The maximum atomic E-state index is 13.0. The zero-order valence-electron chi connectivity index (χ0n) is 14.9. The van der Waals surface area contributed by atoms with E-state index in [0.717, 1.165) is 6.42 Å². The first-order valence-corrected chi connectivity index (χ1v) is 9.05. The summed E-state index contributed by atoms with van der Waals surface area (Å²) in [6.45, 7) is 0.903. The number of piperidine rings is 1. The minimum absolute atomic E-state index is 0.159. The van der Waals surface area contributed by atoms with E-state index in [9.17, 15) is 14.0 Å². The topological polar surface area (TPSA) is 58.6 Å². The Hall–Kier alpha value is -2.60. The number of hydrogen-bond acceptors (Lipinski definition) is 3. The monoisotopic (exact) mass is 390 g/mol. The normalized spacial score (nSPS) is 16.7. The highest BCUT2D eigenvalue weighted by Crippen LogP contribution is 2.28. The van der Waals surface area contributed by atoms with Crippen LogP contribution in [0.25, 0.3) is 0 Å². The zero-order chi connectivity index (χ0) is 19.4. The number of amides is 2. The van der Waals surface area contributed by atoms with E-state index in [0.29, 0.717) is 41.5 Å². The summed E-state index contributed by atoms with van der Waals surface area (Å²) in [7, 11) is 1.52. The Labute approximate surface area is 162 Å². The van der Waals surface area contributed by atoms with Crippen LogP contribution >= 0.6 is 11.6 Å². The largest absolute Gasteiger partial charge is 0.495 e. The lowest BCUT2D eigenvalue weighted by molar-refractivity contribution is -0.121. The molecule has 0 saturated carbocycles. The van der Waals surface area contributed by atoms with E-state index in [1.807, 2.05) is 0 Å². The molecule has 142 valence electrons. The van der Waals surface area contributed by atoms with Gasteiger partial charge < -0.3 is 15.0 Å². The van der Waals surface area contributed by atoms with E-state index in [1.54, 1.807) is 23.1 Å². The molecule has 1 unspecified atom stereocenters. The molecular formula is C20H20ClFN2O3. The van der Waals surface area contributed by atoms with Crippen LogP contribution in [0.1, 0.15) is 23.2 Å². The summed E-state index contributed by atoms with van der Waals surface area (Å²) >= 11 is 6.09. The Kier molecular flexibility index (Phi) is 5.96. The van der Waals surface area contributed by atoms with Gasteiger partial charge in [-0.15, -0.1) is 0 Å². The Balaban J connectivity index is 1.64. The lowest BCUT2D eigenvalue weighted by Crippen LogP contribution is -2.43. The molecule has 0 aromatic heterocycles. The Morgan fingerprint density at radius 3 is 2.63 bits per heavy atom. The van der Waals surface area contributed by atoms with Crippen LogP contribution in [-0.4, -0.2) is 36.9 Å². The van der Waals surface area contributed by atoms with Crippen molar-refractivity contribution in [3.05, 3.63) is 58.9 Å². The third-order valence-corrected chi connectivity index (χ3v) is 4.89. The van der Waals surface area contributed by atoms with Gasteiger partial charge in [0.2, 0.25) is 5.91 Å². The van der Waals surface area contributed by atoms with Crippen LogP contribution in [0, 0.1) is 11.7 Å². The number of ether oxygens (including phenoxy) is 1. The molecule has 1 aliphatic heterocycles. The van der Waals surface area contributed by atoms with Gasteiger partial charge in [-0.2, -0.15) is 0 Å². The average molecular weight is 391 g/mol. The van der Waals surface area contributed by atoms with Crippen molar-refractivity contribution in [2.45, 2.75) is 12.8 Å². The minimum Gasteiger partial charge on any atom is -0.495 e. The SMILES string of the molecule is COc1ccc(NC(=O)C2CCCN(C(=O)c3ccc(F)cc3)C2)cc1Cl. The van der Waals surface area contributed by atoms with E-state index in [1.165, 1.54) is 31.4 Å². The molecule has 0 radical (unpaired) electrons. The molecule has 7 heteroatoms. The summed E-state index contributed by atoms with van der Waals surface area (Å²) in [6, 6.07) is 10.5. The van der Waals surface area contributed by atoms with Gasteiger partial charge in [0.25, 0.3) is 5.91 Å². The first-order valence-electron chi connectivity index (χ1n) is 8.67. The molecule has 1 fully saturated rings. The third-order valence-electron chi connectivity index (χ3n) is 4.59. The van der Waals surface area contributed by atoms with Crippen LogP contribution in [0.4, 0.5) is 10.1 Å². The molecule has 1 N–H and O–H groups in total. The number of anilines is 1. The van der Waals surface area contributed by atoms with Crippen LogP contribution in [0.3, 0.4) is 0 Å². The van der Waals surface area contributed by atoms with Crippen LogP contribution in [0.15, 0.2) is 42.5 Å². The summed E-state index contributed by atoms with van der Waals surface area (Å²) < 4.78 is 18.1. The molecule has 2 aromatic carbocycles. The number of carbonyl (C=O) groups excluding carboxylic acids is 2. The highest BCUT2D eigenvalue weighted by molar-refractivity contribution is 6.32. The molecule has 1 atom stereocenters. The van der Waals surface area contributed by atoms with Crippen molar-refractivity contribution < 1.29 is 18.7 Å². The molecule has 27 heavy (non-hydrogen) atoms. The first kappa shape index (κ1) is 19.2. The van der Waals surface area contributed by atoms with Gasteiger partial charge in [-0.05, 0) is 55.3 Å². The second-order valence-electron chi connectivity index (χ2n) is 6.44. The molecule has 0 spiro atoms. The predicted molar refractivity (Wildman–Crippen MR) is 102 cm³/mol. The number of benzene rings is 2. The zero-order valence-corrected chi connectivity index (χ0v) is 15.6. The Bertz CT molecular complexity index is 842. The van der Waals surface area contributed by atoms with E-state index in [2.05, 4.69) is 5.32 Å². The maximum Gasteiger partial charge on any atom is 0.253 e. The van der Waals surface area contributed by atoms with E-state index in [4.69, 9.17) is 16.3 Å². The Morgan fingerprint density at radius 1 is 1.22 bits per heavy atom. The summed E-state index contributed by atoms with van der Waals surface area (Å²) in [5.74, 6) is -0.527. The fourth-order valence-corrected chi connectivity index (χ4v) is 3.40. The fourth-order valence-electron chi connectivity index (χ4n) is 3.14. The molecule has 1 aliphatic rings. The molecule has 1 saturated heterocycles. The molecule has 0 bridgehead atoms. The van der Waals surface area contributed by atoms with Crippen LogP contribution in [-0.2, 0) is 4.79 Å². The Morgan fingerprint density at radius 2 is 1.96 bits per heavy atom. The average Bonchev–Trinajstić information content (AvgIpc) is 2.68. The van der Waals surface area contributed by atoms with Crippen molar-refractivity contribution in [2.24, 2.45) is 5.92 Å². The van der Waals surface area contributed by atoms with Crippen LogP contribution in [0.2, 0.25) is 5.02 Å². The summed E-state index contributed by atoms with van der Waals surface area (Å²) in [5, 5.41) is 3.25. The fraction of sp³-hybridized carbons (Fsp3) is 0.300. The second kappa shape index (κ2) is 8.39. The highest BCUT2D eigenvalue weighted by Gasteiger charge is 2.29. The smallest absolute Gasteiger partial charge is 0.253 e. The molecular weight excluding hydrogens is 371 g/mol. The van der Waals surface area contributed by atoms with Crippen LogP contribution in [0.5, 0.6) is 5.75 Å². The van der Waals surface area contributed by atoms with Crippen molar-refractivity contribution >= 4 is 29.1 Å². The molecule has 3 rings (SSSR count). The van der Waals surface area contributed by atoms with Gasteiger partial charge in [0.15, 0.2) is 0 Å². The lowest BCUT2D eigenvalue weighted by Gasteiger charge is -2.32. The maximum absolute atomic E-state index is 13.0. The summed E-state index contributed by atoms with van der Waals surface area (Å²) in [4.78, 5) is 26.8. The van der Waals surface area contributed by atoms with Crippen molar-refractivity contribution in [2.75, 3.05) is 25.5 Å². The van der Waals surface area contributed by atoms with Crippen molar-refractivity contribution in [3.8, 4) is 5.75 Å². The number of methoxy groups -OCH3 is 1. The number of rotatable bonds is 4. The van der Waals surface area contributed by atoms with Gasteiger partial charge in [0, 0.05) is 24.3 Å². The minimum atomic E-state index is -0.388. The quantitative estimate of drug-likeness (QED) is 0.859. The number of nitrogens with one attached hydrogen (secondary N) is 1. The number of carbonyl (C=O) groups is 2. The van der Waals surface area contributed by atoms with Gasteiger partial charge >= 0.3 is 0 Å². The highest BCUT2D eigenvalue weighted by atomic mass is 35.5. The van der Waals surface area contributed by atoms with Crippen molar-refractivity contribution in [3.63, 3.8) is 0 Å².